The minimum absolute atomic E-state index is 0.0218. The second-order valence-corrected chi connectivity index (χ2v) is 5.89. The molecule has 0 aliphatic rings. The molecule has 0 amide bonds. The van der Waals surface area contributed by atoms with E-state index in [-0.39, 0.29) is 17.1 Å². The Balaban J connectivity index is 3.17. The summed E-state index contributed by atoms with van der Waals surface area (Å²) in [6, 6.07) is 4.71. The van der Waals surface area contributed by atoms with Gasteiger partial charge < -0.3 is 4.74 Å². The molecular weight excluding hydrogens is 298 g/mol. The quantitative estimate of drug-likeness (QED) is 0.602. The summed E-state index contributed by atoms with van der Waals surface area (Å²) in [5.74, 6) is -0.0250. The summed E-state index contributed by atoms with van der Waals surface area (Å²) in [7, 11) is -2.68. The van der Waals surface area contributed by atoms with Crippen molar-refractivity contribution in [2.75, 3.05) is 7.11 Å². The Labute approximate surface area is 122 Å². The molecule has 0 heterocycles. The minimum atomic E-state index is -3.94. The maximum Gasteiger partial charge on any atom is 0.312 e. The molecule has 1 aromatic carbocycles. The summed E-state index contributed by atoms with van der Waals surface area (Å²) < 4.78 is 31.5. The van der Waals surface area contributed by atoms with E-state index in [2.05, 4.69) is 4.72 Å². The van der Waals surface area contributed by atoms with Crippen molar-refractivity contribution in [3.05, 3.63) is 28.3 Å². The van der Waals surface area contributed by atoms with Crippen molar-refractivity contribution < 1.29 is 18.1 Å². The molecule has 1 unspecified atom stereocenters. The number of ether oxygens (including phenoxy) is 1. The van der Waals surface area contributed by atoms with Crippen LogP contribution in [0.2, 0.25) is 0 Å². The molecule has 0 spiro atoms. The Morgan fingerprint density at radius 1 is 1.52 bits per heavy atom. The summed E-state index contributed by atoms with van der Waals surface area (Å²) >= 11 is 0. The molecule has 0 fully saturated rings. The molecule has 0 radical (unpaired) electrons. The Morgan fingerprint density at radius 3 is 2.67 bits per heavy atom. The smallest absolute Gasteiger partial charge is 0.312 e. The van der Waals surface area contributed by atoms with Crippen LogP contribution in [0.1, 0.15) is 19.8 Å². The molecule has 0 aliphatic heterocycles. The van der Waals surface area contributed by atoms with E-state index >= 15 is 0 Å². The first-order valence-corrected chi connectivity index (χ1v) is 7.55. The fourth-order valence-corrected chi connectivity index (χ4v) is 2.99. The van der Waals surface area contributed by atoms with Gasteiger partial charge in [-0.05, 0) is 18.6 Å². The first-order valence-electron chi connectivity index (χ1n) is 6.07. The number of nitrogens with zero attached hydrogens (tertiary/aromatic N) is 2. The molecular formula is C12H15N3O5S. The van der Waals surface area contributed by atoms with Crippen molar-refractivity contribution >= 4 is 15.7 Å². The molecule has 1 N–H and O–H groups in total. The maximum absolute atomic E-state index is 12.2. The van der Waals surface area contributed by atoms with Gasteiger partial charge in [0.25, 0.3) is 0 Å². The topological polar surface area (TPSA) is 122 Å². The Morgan fingerprint density at radius 2 is 2.19 bits per heavy atom. The fraction of sp³-hybridized carbons (Fsp3) is 0.417. The number of benzene rings is 1. The van der Waals surface area contributed by atoms with Gasteiger partial charge in [0.1, 0.15) is 0 Å². The first kappa shape index (κ1) is 16.9. The lowest BCUT2D eigenvalue weighted by molar-refractivity contribution is -0.386. The third-order valence-electron chi connectivity index (χ3n) is 2.81. The highest BCUT2D eigenvalue weighted by Crippen LogP contribution is 2.29. The highest BCUT2D eigenvalue weighted by Gasteiger charge is 2.24. The van der Waals surface area contributed by atoms with Gasteiger partial charge in [-0.2, -0.15) is 5.26 Å². The summed E-state index contributed by atoms with van der Waals surface area (Å²) in [6.45, 7) is 1.74. The number of nitro benzene ring substituents is 1. The molecule has 1 aromatic rings. The van der Waals surface area contributed by atoms with Gasteiger partial charge in [0, 0.05) is 12.1 Å². The van der Waals surface area contributed by atoms with E-state index in [1.165, 1.54) is 19.2 Å². The monoisotopic (exact) mass is 313 g/mol. The Hall–Kier alpha value is -2.18. The molecule has 0 aromatic heterocycles. The van der Waals surface area contributed by atoms with Crippen molar-refractivity contribution in [2.45, 2.75) is 30.7 Å². The molecule has 0 aliphatic carbocycles. The average molecular weight is 313 g/mol. The summed E-state index contributed by atoms with van der Waals surface area (Å²) in [5, 5.41) is 19.5. The number of hydrogen-bond donors (Lipinski definition) is 1. The van der Waals surface area contributed by atoms with Crippen molar-refractivity contribution in [2.24, 2.45) is 0 Å². The Bertz CT molecular complexity index is 666. The normalized spacial score (nSPS) is 12.4. The van der Waals surface area contributed by atoms with Crippen molar-refractivity contribution in [3.63, 3.8) is 0 Å². The van der Waals surface area contributed by atoms with Gasteiger partial charge in [-0.3, -0.25) is 10.1 Å². The summed E-state index contributed by atoms with van der Waals surface area (Å²) in [5.41, 5.74) is -0.436. The number of nitrogens with one attached hydrogen (secondary N) is 1. The predicted molar refractivity (Wildman–Crippen MR) is 74.3 cm³/mol. The lowest BCUT2D eigenvalue weighted by Gasteiger charge is -2.14. The molecule has 0 saturated carbocycles. The van der Waals surface area contributed by atoms with Gasteiger partial charge >= 0.3 is 5.69 Å². The van der Waals surface area contributed by atoms with Gasteiger partial charge in [-0.1, -0.05) is 6.92 Å². The van der Waals surface area contributed by atoms with E-state index in [0.29, 0.717) is 6.42 Å². The number of sulfonamides is 1. The van der Waals surface area contributed by atoms with Crippen LogP contribution in [0.4, 0.5) is 5.69 Å². The Kier molecular flexibility index (Phi) is 5.63. The lowest BCUT2D eigenvalue weighted by Crippen LogP contribution is -2.34. The van der Waals surface area contributed by atoms with Crippen molar-refractivity contribution in [1.82, 2.24) is 4.72 Å². The molecule has 8 nitrogen and oxygen atoms in total. The minimum Gasteiger partial charge on any atom is -0.490 e. The van der Waals surface area contributed by atoms with Crippen LogP contribution < -0.4 is 9.46 Å². The standard InChI is InChI=1S/C12H15N3O5S/c1-3-9(6-7-13)14-21(18,19)10-4-5-12(20-2)11(8-10)15(16)17/h4-5,8-9,14H,3,6H2,1-2H3. The maximum atomic E-state index is 12.2. The van der Waals surface area contributed by atoms with Crippen LogP contribution in [0.25, 0.3) is 0 Å². The lowest BCUT2D eigenvalue weighted by atomic mass is 10.2. The number of hydrogen-bond acceptors (Lipinski definition) is 6. The van der Waals surface area contributed by atoms with Gasteiger partial charge in [-0.15, -0.1) is 0 Å². The van der Waals surface area contributed by atoms with Gasteiger partial charge in [0.2, 0.25) is 10.0 Å². The van der Waals surface area contributed by atoms with E-state index in [9.17, 15) is 18.5 Å². The zero-order valence-electron chi connectivity index (χ0n) is 11.6. The number of rotatable bonds is 7. The van der Waals surface area contributed by atoms with Crippen LogP contribution in [0.3, 0.4) is 0 Å². The number of nitriles is 1. The van der Waals surface area contributed by atoms with Crippen LogP contribution in [0.5, 0.6) is 5.75 Å². The van der Waals surface area contributed by atoms with Crippen molar-refractivity contribution in [1.29, 1.82) is 5.26 Å². The van der Waals surface area contributed by atoms with E-state index in [0.717, 1.165) is 6.07 Å². The van der Waals surface area contributed by atoms with Gasteiger partial charge in [0.05, 0.1) is 29.4 Å². The highest BCUT2D eigenvalue weighted by atomic mass is 32.2. The van der Waals surface area contributed by atoms with E-state index < -0.39 is 26.7 Å². The number of methoxy groups -OCH3 is 1. The van der Waals surface area contributed by atoms with E-state index in [1.54, 1.807) is 6.92 Å². The zero-order chi connectivity index (χ0) is 16.0. The third-order valence-corrected chi connectivity index (χ3v) is 4.33. The molecule has 0 saturated heterocycles. The van der Waals surface area contributed by atoms with Crippen LogP contribution in [-0.4, -0.2) is 26.5 Å². The molecule has 9 heteroatoms. The van der Waals surface area contributed by atoms with Crippen LogP contribution in [-0.2, 0) is 10.0 Å². The first-order chi connectivity index (χ1) is 9.85. The van der Waals surface area contributed by atoms with Gasteiger partial charge in [-0.25, -0.2) is 13.1 Å². The second kappa shape index (κ2) is 7.01. The number of nitro groups is 1. The van der Waals surface area contributed by atoms with Crippen molar-refractivity contribution in [3.8, 4) is 11.8 Å². The van der Waals surface area contributed by atoms with Gasteiger partial charge in [0.15, 0.2) is 5.75 Å². The SMILES string of the molecule is CCC(CC#N)NS(=O)(=O)c1ccc(OC)c([N+](=O)[O-])c1. The van der Waals surface area contributed by atoms with Crippen LogP contribution in [0, 0.1) is 21.4 Å². The van der Waals surface area contributed by atoms with E-state index in [4.69, 9.17) is 10.00 Å². The predicted octanol–water partition coefficient (Wildman–Crippen LogP) is 1.57. The summed E-state index contributed by atoms with van der Waals surface area (Å²) in [6.07, 6.45) is 0.457. The average Bonchev–Trinajstić information content (AvgIpc) is 2.45. The second-order valence-electron chi connectivity index (χ2n) is 4.18. The molecule has 1 atom stereocenters. The van der Waals surface area contributed by atoms with Crippen LogP contribution >= 0.6 is 0 Å². The molecule has 21 heavy (non-hydrogen) atoms. The third kappa shape index (κ3) is 4.14. The molecule has 1 rings (SSSR count). The highest BCUT2D eigenvalue weighted by molar-refractivity contribution is 7.89. The fourth-order valence-electron chi connectivity index (χ4n) is 1.65. The summed E-state index contributed by atoms with van der Waals surface area (Å²) in [4.78, 5) is 9.95. The zero-order valence-corrected chi connectivity index (χ0v) is 12.4. The molecule has 0 bridgehead atoms. The molecule has 114 valence electrons. The van der Waals surface area contributed by atoms with Crippen LogP contribution in [0.15, 0.2) is 23.1 Å². The largest absolute Gasteiger partial charge is 0.490 e. The van der Waals surface area contributed by atoms with E-state index in [1.807, 2.05) is 6.07 Å².